The zero-order valence-corrected chi connectivity index (χ0v) is 14.1. The van der Waals surface area contributed by atoms with E-state index in [9.17, 15) is 9.50 Å². The third-order valence-corrected chi connectivity index (χ3v) is 4.82. The van der Waals surface area contributed by atoms with Crippen molar-refractivity contribution in [1.29, 1.82) is 0 Å². The molecule has 0 unspecified atom stereocenters. The second-order valence-corrected chi connectivity index (χ2v) is 6.56. The van der Waals surface area contributed by atoms with Gasteiger partial charge in [0.05, 0.1) is 11.1 Å². The summed E-state index contributed by atoms with van der Waals surface area (Å²) in [7, 11) is 0. The van der Waals surface area contributed by atoms with Crippen molar-refractivity contribution in [3.05, 3.63) is 65.6 Å². The summed E-state index contributed by atoms with van der Waals surface area (Å²) in [5.41, 5.74) is 3.42. The molecule has 0 fully saturated rings. The molecule has 0 bridgehead atoms. The molecule has 0 spiro atoms. The molecule has 2 aromatic carbocycles. The number of aryl methyl sites for hydroxylation is 1. The fourth-order valence-corrected chi connectivity index (χ4v) is 3.61. The highest BCUT2D eigenvalue weighted by atomic mass is 32.1. The molecule has 4 rings (SSSR count). The van der Waals surface area contributed by atoms with Crippen LogP contribution in [0.25, 0.3) is 21.3 Å². The van der Waals surface area contributed by atoms with Crippen LogP contribution in [0.3, 0.4) is 0 Å². The molecular formula is C19H14FN3OS. The first-order valence-electron chi connectivity index (χ1n) is 7.66. The quantitative estimate of drug-likeness (QED) is 0.495. The summed E-state index contributed by atoms with van der Waals surface area (Å²) in [5.74, 6) is 0.477. The fourth-order valence-electron chi connectivity index (χ4n) is 2.69. The van der Waals surface area contributed by atoms with Crippen LogP contribution in [0.5, 0.6) is 5.75 Å². The van der Waals surface area contributed by atoms with Crippen LogP contribution in [-0.4, -0.2) is 15.1 Å². The van der Waals surface area contributed by atoms with Gasteiger partial charge >= 0.3 is 0 Å². The number of benzene rings is 2. The first-order chi connectivity index (χ1) is 12.1. The average molecular weight is 351 g/mol. The number of aromatic hydroxyl groups is 1. The van der Waals surface area contributed by atoms with E-state index in [1.54, 1.807) is 18.2 Å². The van der Waals surface area contributed by atoms with Crippen LogP contribution in [0.1, 0.15) is 5.56 Å². The van der Waals surface area contributed by atoms with Crippen molar-refractivity contribution in [3.8, 4) is 16.9 Å². The van der Waals surface area contributed by atoms with Crippen LogP contribution in [0, 0.1) is 12.7 Å². The lowest BCUT2D eigenvalue weighted by Crippen LogP contribution is -1.96. The van der Waals surface area contributed by atoms with Crippen molar-refractivity contribution >= 4 is 33.1 Å². The lowest BCUT2D eigenvalue weighted by atomic mass is 10.1. The van der Waals surface area contributed by atoms with E-state index < -0.39 is 0 Å². The number of hydrogen-bond acceptors (Lipinski definition) is 5. The Hall–Kier alpha value is -2.99. The highest BCUT2D eigenvalue weighted by molar-refractivity contribution is 7.17. The van der Waals surface area contributed by atoms with E-state index in [2.05, 4.69) is 15.3 Å². The summed E-state index contributed by atoms with van der Waals surface area (Å²) in [6.45, 7) is 1.95. The van der Waals surface area contributed by atoms with E-state index in [0.717, 1.165) is 26.9 Å². The maximum Gasteiger partial charge on any atom is 0.143 e. The molecule has 25 heavy (non-hydrogen) atoms. The van der Waals surface area contributed by atoms with E-state index in [1.807, 2.05) is 24.4 Å². The Bertz CT molecular complexity index is 1060. The molecule has 0 saturated heterocycles. The smallest absolute Gasteiger partial charge is 0.143 e. The highest BCUT2D eigenvalue weighted by Crippen LogP contribution is 2.38. The Balaban J connectivity index is 1.85. The molecule has 4 nitrogen and oxygen atoms in total. The summed E-state index contributed by atoms with van der Waals surface area (Å²) < 4.78 is 13.2. The van der Waals surface area contributed by atoms with E-state index in [-0.39, 0.29) is 11.6 Å². The summed E-state index contributed by atoms with van der Waals surface area (Å²) in [5, 5.41) is 16.1. The number of hydrogen-bond donors (Lipinski definition) is 2. The molecule has 0 amide bonds. The van der Waals surface area contributed by atoms with Crippen molar-refractivity contribution in [2.24, 2.45) is 0 Å². The number of phenolic OH excluding ortho intramolecular Hbond substituents is 1. The van der Waals surface area contributed by atoms with Crippen molar-refractivity contribution in [1.82, 2.24) is 9.97 Å². The van der Waals surface area contributed by atoms with Gasteiger partial charge in [0.25, 0.3) is 0 Å². The van der Waals surface area contributed by atoms with Crippen LogP contribution in [0.2, 0.25) is 0 Å². The van der Waals surface area contributed by atoms with Crippen LogP contribution in [0.15, 0.2) is 54.2 Å². The number of thiophene rings is 1. The lowest BCUT2D eigenvalue weighted by Gasteiger charge is -2.10. The number of rotatable bonds is 3. The SMILES string of the molecule is Cc1ccc(O)c(Nc2ncnc3scc(-c4ccc(F)cc4)c23)c1. The Morgan fingerprint density at radius 2 is 1.88 bits per heavy atom. The third-order valence-electron chi connectivity index (χ3n) is 3.93. The zero-order valence-electron chi connectivity index (χ0n) is 13.3. The summed E-state index contributed by atoms with van der Waals surface area (Å²) in [6, 6.07) is 11.7. The monoisotopic (exact) mass is 351 g/mol. The van der Waals surface area contributed by atoms with Crippen LogP contribution in [0.4, 0.5) is 15.9 Å². The molecule has 0 atom stereocenters. The molecule has 0 aliphatic rings. The van der Waals surface area contributed by atoms with E-state index in [1.165, 1.54) is 29.8 Å². The molecule has 0 aliphatic carbocycles. The predicted molar refractivity (Wildman–Crippen MR) is 98.9 cm³/mol. The van der Waals surface area contributed by atoms with Gasteiger partial charge in [-0.05, 0) is 42.3 Å². The minimum Gasteiger partial charge on any atom is -0.506 e. The van der Waals surface area contributed by atoms with Gasteiger partial charge in [0, 0.05) is 10.9 Å². The third kappa shape index (κ3) is 2.92. The number of phenols is 1. The molecule has 4 aromatic rings. The molecule has 124 valence electrons. The molecule has 2 aromatic heterocycles. The second kappa shape index (κ2) is 6.14. The summed E-state index contributed by atoms with van der Waals surface area (Å²) >= 11 is 1.50. The van der Waals surface area contributed by atoms with Crippen molar-refractivity contribution in [2.75, 3.05) is 5.32 Å². The summed E-state index contributed by atoms with van der Waals surface area (Å²) in [6.07, 6.45) is 1.49. The fraction of sp³-hybridized carbons (Fsp3) is 0.0526. The number of halogens is 1. The van der Waals surface area contributed by atoms with Gasteiger partial charge in [-0.25, -0.2) is 14.4 Å². The van der Waals surface area contributed by atoms with Gasteiger partial charge in [-0.3, -0.25) is 0 Å². The maximum absolute atomic E-state index is 13.2. The number of nitrogens with one attached hydrogen (secondary N) is 1. The topological polar surface area (TPSA) is 58.0 Å². The molecular weight excluding hydrogens is 337 g/mol. The standard InChI is InChI=1S/C19H14FN3OS/c1-11-2-7-16(24)15(8-11)23-18-17-14(9-25-19(17)22-10-21-18)12-3-5-13(20)6-4-12/h2-10,24H,1H3,(H,21,22,23). The molecule has 0 saturated carbocycles. The number of nitrogens with zero attached hydrogens (tertiary/aromatic N) is 2. The van der Waals surface area contributed by atoms with Gasteiger partial charge in [-0.1, -0.05) is 18.2 Å². The predicted octanol–water partition coefficient (Wildman–Crippen LogP) is 5.26. The molecule has 2 heterocycles. The van der Waals surface area contributed by atoms with Gasteiger partial charge in [-0.2, -0.15) is 0 Å². The zero-order chi connectivity index (χ0) is 17.4. The second-order valence-electron chi connectivity index (χ2n) is 5.70. The highest BCUT2D eigenvalue weighted by Gasteiger charge is 2.14. The minimum absolute atomic E-state index is 0.149. The average Bonchev–Trinajstić information content (AvgIpc) is 3.04. The number of aromatic nitrogens is 2. The Labute approximate surface area is 147 Å². The van der Waals surface area contributed by atoms with Gasteiger partial charge in [0.15, 0.2) is 0 Å². The Morgan fingerprint density at radius 3 is 2.68 bits per heavy atom. The number of fused-ring (bicyclic) bond motifs is 1. The maximum atomic E-state index is 13.2. The summed E-state index contributed by atoms with van der Waals surface area (Å²) in [4.78, 5) is 9.49. The van der Waals surface area contributed by atoms with Crippen LogP contribution >= 0.6 is 11.3 Å². The Kier molecular flexibility index (Phi) is 3.82. The van der Waals surface area contributed by atoms with E-state index in [4.69, 9.17) is 0 Å². The van der Waals surface area contributed by atoms with Gasteiger partial charge in [0.1, 0.15) is 28.5 Å². The van der Waals surface area contributed by atoms with Crippen molar-refractivity contribution in [3.63, 3.8) is 0 Å². The lowest BCUT2D eigenvalue weighted by molar-refractivity contribution is 0.477. The molecule has 2 N–H and O–H groups in total. The van der Waals surface area contributed by atoms with E-state index in [0.29, 0.717) is 11.5 Å². The Morgan fingerprint density at radius 1 is 1.08 bits per heavy atom. The van der Waals surface area contributed by atoms with Crippen LogP contribution in [-0.2, 0) is 0 Å². The molecule has 6 heteroatoms. The van der Waals surface area contributed by atoms with Crippen molar-refractivity contribution in [2.45, 2.75) is 6.92 Å². The number of anilines is 2. The normalized spacial score (nSPS) is 11.0. The molecule has 0 radical (unpaired) electrons. The van der Waals surface area contributed by atoms with Gasteiger partial charge < -0.3 is 10.4 Å². The van der Waals surface area contributed by atoms with Gasteiger partial charge in [-0.15, -0.1) is 11.3 Å². The van der Waals surface area contributed by atoms with Crippen LogP contribution < -0.4 is 5.32 Å². The first kappa shape index (κ1) is 15.5. The first-order valence-corrected chi connectivity index (χ1v) is 8.54. The van der Waals surface area contributed by atoms with E-state index >= 15 is 0 Å². The molecule has 0 aliphatic heterocycles. The largest absolute Gasteiger partial charge is 0.506 e. The van der Waals surface area contributed by atoms with Gasteiger partial charge in [0.2, 0.25) is 0 Å². The van der Waals surface area contributed by atoms with Crippen molar-refractivity contribution < 1.29 is 9.50 Å². The minimum atomic E-state index is -0.275.